The second-order valence-corrected chi connectivity index (χ2v) is 6.18. The van der Waals surface area contributed by atoms with E-state index in [-0.39, 0.29) is 11.5 Å². The van der Waals surface area contributed by atoms with Crippen LogP contribution in [-0.2, 0) is 0 Å². The number of carbonyl (C=O) groups is 1. The maximum Gasteiger partial charge on any atom is 0.194 e. The molecule has 0 aliphatic carbocycles. The van der Waals surface area contributed by atoms with Crippen LogP contribution in [0.4, 0.5) is 4.39 Å². The van der Waals surface area contributed by atoms with Gasteiger partial charge < -0.3 is 4.74 Å². The fourth-order valence-corrected chi connectivity index (χ4v) is 3.76. The van der Waals surface area contributed by atoms with Gasteiger partial charge in [-0.05, 0) is 40.2 Å². The zero-order valence-electron chi connectivity index (χ0n) is 11.0. The van der Waals surface area contributed by atoms with E-state index < -0.39 is 5.82 Å². The average molecular weight is 365 g/mol. The van der Waals surface area contributed by atoms with Crippen LogP contribution in [-0.4, -0.2) is 12.9 Å². The highest BCUT2D eigenvalue weighted by Gasteiger charge is 2.17. The van der Waals surface area contributed by atoms with Gasteiger partial charge in [0, 0.05) is 31.1 Å². The van der Waals surface area contributed by atoms with Crippen molar-refractivity contribution in [2.75, 3.05) is 7.11 Å². The van der Waals surface area contributed by atoms with Crippen LogP contribution in [0.1, 0.15) is 15.9 Å². The second kappa shape index (κ2) is 5.58. The molecule has 0 saturated heterocycles. The fourth-order valence-electron chi connectivity index (χ4n) is 2.15. The molecule has 0 fully saturated rings. The molecule has 0 N–H and O–H groups in total. The van der Waals surface area contributed by atoms with E-state index in [1.807, 2.05) is 23.6 Å². The SMILES string of the molecule is COc1cc(C(=O)c2csc3c(Br)cccc23)ccc1F. The molecule has 0 atom stereocenters. The first-order chi connectivity index (χ1) is 10.1. The Balaban J connectivity index is 2.11. The monoisotopic (exact) mass is 364 g/mol. The number of carbonyl (C=O) groups excluding carboxylic acids is 1. The van der Waals surface area contributed by atoms with Gasteiger partial charge in [0.2, 0.25) is 0 Å². The maximum absolute atomic E-state index is 13.4. The molecule has 0 saturated carbocycles. The molecule has 0 aliphatic heterocycles. The Hall–Kier alpha value is -1.72. The highest BCUT2D eigenvalue weighted by molar-refractivity contribution is 9.10. The number of hydrogen-bond acceptors (Lipinski definition) is 3. The average Bonchev–Trinajstić information content (AvgIpc) is 2.92. The van der Waals surface area contributed by atoms with Gasteiger partial charge in [-0.3, -0.25) is 4.79 Å². The molecule has 5 heteroatoms. The van der Waals surface area contributed by atoms with Crippen molar-refractivity contribution in [2.24, 2.45) is 0 Å². The van der Waals surface area contributed by atoms with E-state index in [4.69, 9.17) is 4.74 Å². The van der Waals surface area contributed by atoms with Gasteiger partial charge >= 0.3 is 0 Å². The first-order valence-electron chi connectivity index (χ1n) is 6.16. The number of thiophene rings is 1. The number of rotatable bonds is 3. The summed E-state index contributed by atoms with van der Waals surface area (Å²) in [6, 6.07) is 9.89. The van der Waals surface area contributed by atoms with Crippen LogP contribution in [0.3, 0.4) is 0 Å². The van der Waals surface area contributed by atoms with Crippen molar-refractivity contribution in [3.05, 3.63) is 63.2 Å². The maximum atomic E-state index is 13.4. The van der Waals surface area contributed by atoms with E-state index in [9.17, 15) is 9.18 Å². The van der Waals surface area contributed by atoms with Gasteiger partial charge in [-0.2, -0.15) is 0 Å². The summed E-state index contributed by atoms with van der Waals surface area (Å²) in [5.74, 6) is -0.550. The van der Waals surface area contributed by atoms with Gasteiger partial charge in [0.1, 0.15) is 0 Å². The van der Waals surface area contributed by atoms with Crippen molar-refractivity contribution in [2.45, 2.75) is 0 Å². The molecule has 3 aromatic rings. The first kappa shape index (κ1) is 14.2. The Labute approximate surface area is 133 Å². The molecule has 0 radical (unpaired) electrons. The number of ketones is 1. The highest BCUT2D eigenvalue weighted by Crippen LogP contribution is 2.33. The number of ether oxygens (including phenoxy) is 1. The van der Waals surface area contributed by atoms with Crippen LogP contribution in [0.25, 0.3) is 10.1 Å². The Morgan fingerprint density at radius 2 is 2.10 bits per heavy atom. The van der Waals surface area contributed by atoms with Crippen molar-refractivity contribution in [1.29, 1.82) is 0 Å². The number of hydrogen-bond donors (Lipinski definition) is 0. The molecule has 0 amide bonds. The van der Waals surface area contributed by atoms with Crippen LogP contribution < -0.4 is 4.74 Å². The van der Waals surface area contributed by atoms with Crippen LogP contribution in [0.15, 0.2) is 46.3 Å². The molecule has 21 heavy (non-hydrogen) atoms. The van der Waals surface area contributed by atoms with Crippen molar-refractivity contribution in [3.63, 3.8) is 0 Å². The van der Waals surface area contributed by atoms with Crippen molar-refractivity contribution in [1.82, 2.24) is 0 Å². The van der Waals surface area contributed by atoms with Crippen molar-refractivity contribution < 1.29 is 13.9 Å². The van der Waals surface area contributed by atoms with E-state index >= 15 is 0 Å². The lowest BCUT2D eigenvalue weighted by Crippen LogP contribution is -2.01. The summed E-state index contributed by atoms with van der Waals surface area (Å²) >= 11 is 4.98. The molecule has 0 unspecified atom stereocenters. The molecule has 2 nitrogen and oxygen atoms in total. The fraction of sp³-hybridized carbons (Fsp3) is 0.0625. The third kappa shape index (κ3) is 2.47. The third-order valence-electron chi connectivity index (χ3n) is 3.21. The van der Waals surface area contributed by atoms with Gasteiger partial charge in [0.25, 0.3) is 0 Å². The molecular formula is C16H10BrFO2S. The standard InChI is InChI=1S/C16H10BrFO2S/c1-20-14-7-9(5-6-13(14)18)15(19)11-8-21-16-10(11)3-2-4-12(16)17/h2-8H,1H3. The van der Waals surface area contributed by atoms with Crippen molar-refractivity contribution in [3.8, 4) is 5.75 Å². The Morgan fingerprint density at radius 1 is 1.29 bits per heavy atom. The highest BCUT2D eigenvalue weighted by atomic mass is 79.9. The number of methoxy groups -OCH3 is 1. The third-order valence-corrected chi connectivity index (χ3v) is 5.16. The van der Waals surface area contributed by atoms with E-state index in [0.29, 0.717) is 11.1 Å². The number of fused-ring (bicyclic) bond motifs is 1. The minimum atomic E-state index is -0.480. The van der Waals surface area contributed by atoms with Gasteiger partial charge in [0.05, 0.1) is 7.11 Å². The lowest BCUT2D eigenvalue weighted by Gasteiger charge is -2.05. The summed E-state index contributed by atoms with van der Waals surface area (Å²) in [5, 5.41) is 2.72. The smallest absolute Gasteiger partial charge is 0.194 e. The number of halogens is 2. The van der Waals surface area contributed by atoms with Crippen LogP contribution >= 0.6 is 27.3 Å². The topological polar surface area (TPSA) is 26.3 Å². The largest absolute Gasteiger partial charge is 0.494 e. The summed E-state index contributed by atoms with van der Waals surface area (Å²) in [6.07, 6.45) is 0. The molecular weight excluding hydrogens is 355 g/mol. The van der Waals surface area contributed by atoms with Gasteiger partial charge in [-0.25, -0.2) is 4.39 Å². The normalized spacial score (nSPS) is 10.8. The molecule has 3 rings (SSSR count). The minimum Gasteiger partial charge on any atom is -0.494 e. The Bertz CT molecular complexity index is 841. The summed E-state index contributed by atoms with van der Waals surface area (Å²) in [6.45, 7) is 0. The predicted molar refractivity (Wildman–Crippen MR) is 85.9 cm³/mol. The summed E-state index contributed by atoms with van der Waals surface area (Å²) in [5.41, 5.74) is 1.03. The molecule has 106 valence electrons. The zero-order chi connectivity index (χ0) is 15.0. The lowest BCUT2D eigenvalue weighted by molar-refractivity contribution is 0.104. The molecule has 1 aromatic heterocycles. The minimum absolute atomic E-state index is 0.0709. The summed E-state index contributed by atoms with van der Waals surface area (Å²) in [4.78, 5) is 12.6. The zero-order valence-corrected chi connectivity index (χ0v) is 13.4. The van der Waals surface area contributed by atoms with Crippen LogP contribution in [0, 0.1) is 5.82 Å². The molecule has 0 bridgehead atoms. The summed E-state index contributed by atoms with van der Waals surface area (Å²) in [7, 11) is 1.38. The Morgan fingerprint density at radius 3 is 2.86 bits per heavy atom. The van der Waals surface area contributed by atoms with Crippen molar-refractivity contribution >= 4 is 43.1 Å². The van der Waals surface area contributed by atoms with Crippen LogP contribution in [0.5, 0.6) is 5.75 Å². The first-order valence-corrected chi connectivity index (χ1v) is 7.83. The number of benzene rings is 2. The van der Waals surface area contributed by atoms with E-state index in [0.717, 1.165) is 14.6 Å². The summed E-state index contributed by atoms with van der Waals surface area (Å²) < 4.78 is 20.4. The molecule has 0 spiro atoms. The predicted octanol–water partition coefficient (Wildman–Crippen LogP) is 5.04. The molecule has 1 heterocycles. The van der Waals surface area contributed by atoms with E-state index in [1.54, 1.807) is 0 Å². The molecule has 0 aliphatic rings. The Kier molecular flexibility index (Phi) is 3.78. The van der Waals surface area contributed by atoms with Crippen LogP contribution in [0.2, 0.25) is 0 Å². The van der Waals surface area contributed by atoms with E-state index in [1.165, 1.54) is 36.6 Å². The quantitative estimate of drug-likeness (QED) is 0.608. The van der Waals surface area contributed by atoms with Gasteiger partial charge in [-0.15, -0.1) is 11.3 Å². The molecule has 2 aromatic carbocycles. The van der Waals surface area contributed by atoms with Gasteiger partial charge in [-0.1, -0.05) is 12.1 Å². The van der Waals surface area contributed by atoms with E-state index in [2.05, 4.69) is 15.9 Å². The lowest BCUT2D eigenvalue weighted by atomic mass is 10.0. The second-order valence-electron chi connectivity index (χ2n) is 4.44. The van der Waals surface area contributed by atoms with Gasteiger partial charge in [0.15, 0.2) is 17.3 Å².